The van der Waals surface area contributed by atoms with E-state index in [9.17, 15) is 15.0 Å². The van der Waals surface area contributed by atoms with E-state index in [1.54, 1.807) is 0 Å². The summed E-state index contributed by atoms with van der Waals surface area (Å²) in [6, 6.07) is 0. The van der Waals surface area contributed by atoms with Crippen LogP contribution < -0.4 is 0 Å². The van der Waals surface area contributed by atoms with Gasteiger partial charge in [0.05, 0.1) is 13.2 Å². The first-order valence-electron chi connectivity index (χ1n) is 12.2. The van der Waals surface area contributed by atoms with Gasteiger partial charge in [-0.1, -0.05) is 103 Å². The fraction of sp³-hybridized carbons (Fsp3) is 0.875. The summed E-state index contributed by atoms with van der Waals surface area (Å²) in [5.41, 5.74) is 0. The van der Waals surface area contributed by atoms with E-state index in [1.165, 1.54) is 83.5 Å². The number of aliphatic hydroxyl groups excluding tert-OH is 3. The second kappa shape index (κ2) is 17.4. The molecule has 0 aliphatic carbocycles. The van der Waals surface area contributed by atoms with Gasteiger partial charge < -0.3 is 24.8 Å². The standard InChI is InChI=1S/C24H44O6/c1-2-3-4-5-6-7-8-9-10-11-12-13-14-15-16-17-18-29-23-21(27)22(20(26)19-25)30-24(23)28/h20,22,25-27H,2-19H2,1H3/t20-,22?/m0/s1. The molecular formula is C24H44O6. The molecule has 0 bridgehead atoms. The van der Waals surface area contributed by atoms with E-state index in [0.29, 0.717) is 6.61 Å². The molecule has 1 rings (SSSR count). The summed E-state index contributed by atoms with van der Waals surface area (Å²) in [5, 5.41) is 28.3. The smallest absolute Gasteiger partial charge is 0.378 e. The summed E-state index contributed by atoms with van der Waals surface area (Å²) in [7, 11) is 0. The highest BCUT2D eigenvalue weighted by Gasteiger charge is 2.40. The zero-order valence-electron chi connectivity index (χ0n) is 18.9. The van der Waals surface area contributed by atoms with Crippen LogP contribution in [0.25, 0.3) is 0 Å². The molecule has 2 atom stereocenters. The van der Waals surface area contributed by atoms with Crippen LogP contribution in [0.3, 0.4) is 0 Å². The molecule has 0 aromatic carbocycles. The summed E-state index contributed by atoms with van der Waals surface area (Å²) in [6.45, 7) is 1.99. The third-order valence-corrected chi connectivity index (χ3v) is 5.70. The van der Waals surface area contributed by atoms with Crippen LogP contribution in [0.2, 0.25) is 0 Å². The fourth-order valence-corrected chi connectivity index (χ4v) is 3.77. The number of esters is 1. The minimum absolute atomic E-state index is 0.242. The Kier molecular flexibility index (Phi) is 15.5. The number of ether oxygens (including phenoxy) is 2. The topological polar surface area (TPSA) is 96.2 Å². The molecule has 0 fully saturated rings. The second-order valence-corrected chi connectivity index (χ2v) is 8.44. The van der Waals surface area contributed by atoms with Gasteiger partial charge in [-0.2, -0.15) is 0 Å². The number of unbranched alkanes of at least 4 members (excludes halogenated alkanes) is 15. The second-order valence-electron chi connectivity index (χ2n) is 8.44. The lowest BCUT2D eigenvalue weighted by atomic mass is 10.0. The van der Waals surface area contributed by atoms with Gasteiger partial charge in [0.25, 0.3) is 0 Å². The lowest BCUT2D eigenvalue weighted by Crippen LogP contribution is -2.31. The molecule has 6 nitrogen and oxygen atoms in total. The van der Waals surface area contributed by atoms with Crippen molar-refractivity contribution in [2.45, 2.75) is 122 Å². The highest BCUT2D eigenvalue weighted by molar-refractivity contribution is 5.89. The van der Waals surface area contributed by atoms with Crippen LogP contribution in [0.1, 0.15) is 110 Å². The van der Waals surface area contributed by atoms with Crippen LogP contribution in [0.15, 0.2) is 11.5 Å². The third kappa shape index (κ3) is 11.2. The minimum atomic E-state index is -1.34. The molecule has 30 heavy (non-hydrogen) atoms. The molecular weight excluding hydrogens is 384 g/mol. The van der Waals surface area contributed by atoms with Crippen molar-refractivity contribution >= 4 is 5.97 Å². The number of carbonyl (C=O) groups is 1. The molecule has 0 amide bonds. The van der Waals surface area contributed by atoms with Crippen molar-refractivity contribution in [1.29, 1.82) is 0 Å². The number of hydrogen-bond acceptors (Lipinski definition) is 6. The molecule has 176 valence electrons. The van der Waals surface area contributed by atoms with Crippen molar-refractivity contribution in [3.63, 3.8) is 0 Å². The van der Waals surface area contributed by atoms with Crippen molar-refractivity contribution in [2.24, 2.45) is 0 Å². The molecule has 0 spiro atoms. The molecule has 0 aromatic heterocycles. The number of cyclic esters (lactones) is 1. The van der Waals surface area contributed by atoms with E-state index in [4.69, 9.17) is 14.6 Å². The highest BCUT2D eigenvalue weighted by Crippen LogP contribution is 2.24. The van der Waals surface area contributed by atoms with E-state index in [1.807, 2.05) is 0 Å². The molecule has 1 aliphatic heterocycles. The van der Waals surface area contributed by atoms with Gasteiger partial charge in [-0.05, 0) is 6.42 Å². The van der Waals surface area contributed by atoms with Crippen LogP contribution in [0, 0.1) is 0 Å². The maximum absolute atomic E-state index is 11.7. The van der Waals surface area contributed by atoms with Gasteiger partial charge in [0.1, 0.15) is 6.10 Å². The Bertz CT molecular complexity index is 476. The van der Waals surface area contributed by atoms with Crippen molar-refractivity contribution < 1.29 is 29.6 Å². The molecule has 0 saturated heterocycles. The van der Waals surface area contributed by atoms with Crippen LogP contribution in [0.4, 0.5) is 0 Å². The number of aliphatic hydroxyl groups is 3. The Morgan fingerprint density at radius 1 is 0.833 bits per heavy atom. The van der Waals surface area contributed by atoms with Gasteiger partial charge in [0.15, 0.2) is 11.9 Å². The summed E-state index contributed by atoms with van der Waals surface area (Å²) in [4.78, 5) is 11.7. The van der Waals surface area contributed by atoms with E-state index in [0.717, 1.165) is 19.3 Å². The predicted octanol–water partition coefficient (Wildman–Crippen LogP) is 5.31. The molecule has 0 saturated carbocycles. The summed E-state index contributed by atoms with van der Waals surface area (Å²) >= 11 is 0. The minimum Gasteiger partial charge on any atom is -0.505 e. The first-order valence-corrected chi connectivity index (χ1v) is 12.2. The van der Waals surface area contributed by atoms with Gasteiger partial charge in [0.2, 0.25) is 5.76 Å². The van der Waals surface area contributed by atoms with Crippen molar-refractivity contribution in [2.75, 3.05) is 13.2 Å². The van der Waals surface area contributed by atoms with Crippen LogP contribution in [0.5, 0.6) is 0 Å². The molecule has 1 aliphatic rings. The highest BCUT2D eigenvalue weighted by atomic mass is 16.6. The monoisotopic (exact) mass is 428 g/mol. The zero-order chi connectivity index (χ0) is 22.0. The van der Waals surface area contributed by atoms with Gasteiger partial charge >= 0.3 is 5.97 Å². The van der Waals surface area contributed by atoms with E-state index < -0.39 is 30.5 Å². The molecule has 0 aromatic rings. The number of rotatable bonds is 20. The Labute approximate surface area is 182 Å². The lowest BCUT2D eigenvalue weighted by Gasteiger charge is -2.13. The first kappa shape index (κ1) is 26.8. The average Bonchev–Trinajstić information content (AvgIpc) is 3.03. The Balaban J connectivity index is 1.89. The van der Waals surface area contributed by atoms with Crippen LogP contribution in [-0.4, -0.2) is 46.7 Å². The molecule has 1 heterocycles. The summed E-state index contributed by atoms with van der Waals surface area (Å²) < 4.78 is 10.2. The van der Waals surface area contributed by atoms with Crippen molar-refractivity contribution in [3.8, 4) is 0 Å². The predicted molar refractivity (Wildman–Crippen MR) is 118 cm³/mol. The van der Waals surface area contributed by atoms with E-state index in [2.05, 4.69) is 6.92 Å². The quantitative estimate of drug-likeness (QED) is 0.180. The number of hydrogen-bond donors (Lipinski definition) is 3. The number of carbonyl (C=O) groups excluding carboxylic acids is 1. The van der Waals surface area contributed by atoms with Crippen molar-refractivity contribution in [1.82, 2.24) is 0 Å². The maximum atomic E-state index is 11.7. The fourth-order valence-electron chi connectivity index (χ4n) is 3.77. The van der Waals surface area contributed by atoms with E-state index >= 15 is 0 Å². The van der Waals surface area contributed by atoms with Gasteiger partial charge in [0, 0.05) is 0 Å². The first-order chi connectivity index (χ1) is 14.6. The average molecular weight is 429 g/mol. The molecule has 6 heteroatoms. The van der Waals surface area contributed by atoms with Gasteiger partial charge in [-0.25, -0.2) is 4.79 Å². The van der Waals surface area contributed by atoms with Crippen LogP contribution in [-0.2, 0) is 14.3 Å². The maximum Gasteiger partial charge on any atom is 0.378 e. The largest absolute Gasteiger partial charge is 0.505 e. The third-order valence-electron chi connectivity index (χ3n) is 5.70. The normalized spacial score (nSPS) is 17.4. The Morgan fingerprint density at radius 3 is 1.70 bits per heavy atom. The van der Waals surface area contributed by atoms with E-state index in [-0.39, 0.29) is 5.76 Å². The lowest BCUT2D eigenvalue weighted by molar-refractivity contribution is -0.148. The Hall–Kier alpha value is -1.27. The SMILES string of the molecule is CCCCCCCCCCCCCCCCCCOC1=C(O)C([C@@H](O)CO)OC1=O. The van der Waals surface area contributed by atoms with Gasteiger partial charge in [-0.3, -0.25) is 0 Å². The van der Waals surface area contributed by atoms with Gasteiger partial charge in [-0.15, -0.1) is 0 Å². The zero-order valence-corrected chi connectivity index (χ0v) is 18.9. The van der Waals surface area contributed by atoms with Crippen LogP contribution >= 0.6 is 0 Å². The summed E-state index contributed by atoms with van der Waals surface area (Å²) in [6.07, 6.45) is 18.0. The summed E-state index contributed by atoms with van der Waals surface area (Å²) in [5.74, 6) is -1.46. The molecule has 0 radical (unpaired) electrons. The van der Waals surface area contributed by atoms with Crippen molar-refractivity contribution in [3.05, 3.63) is 11.5 Å². The molecule has 1 unspecified atom stereocenters. The molecule has 3 N–H and O–H groups in total. The Morgan fingerprint density at radius 2 is 1.27 bits per heavy atom.